The maximum Gasteiger partial charge on any atom is -0.00271 e. The molecule has 0 heterocycles. The molecule has 3 unspecified atom stereocenters. The van der Waals surface area contributed by atoms with Gasteiger partial charge in [0.15, 0.2) is 0 Å². The summed E-state index contributed by atoms with van der Waals surface area (Å²) in [5.41, 5.74) is 8.40. The Morgan fingerprint density at radius 3 is 1.88 bits per heavy atom. The highest BCUT2D eigenvalue weighted by Crippen LogP contribution is 2.35. The topological polar surface area (TPSA) is 0 Å². The molecular formula is C42H77P. The van der Waals surface area contributed by atoms with Crippen LogP contribution in [0, 0.1) is 36.5 Å². The van der Waals surface area contributed by atoms with Crippen LogP contribution in [-0.2, 0) is 12.8 Å². The minimum atomic E-state index is 0.837. The second kappa shape index (κ2) is 32.1. The summed E-state index contributed by atoms with van der Waals surface area (Å²) < 4.78 is 0. The van der Waals surface area contributed by atoms with Crippen LogP contribution >= 0.6 is 8.58 Å². The van der Waals surface area contributed by atoms with E-state index >= 15 is 0 Å². The van der Waals surface area contributed by atoms with Gasteiger partial charge in [0.2, 0.25) is 0 Å². The molecule has 2 aliphatic carbocycles. The molecule has 2 saturated carbocycles. The molecule has 0 amide bonds. The third kappa shape index (κ3) is 22.8. The van der Waals surface area contributed by atoms with Crippen molar-refractivity contribution in [3.8, 4) is 11.8 Å². The van der Waals surface area contributed by atoms with Gasteiger partial charge in [-0.15, -0.1) is 20.4 Å². The molecule has 250 valence electrons. The molecular weight excluding hydrogens is 535 g/mol. The second-order valence-corrected chi connectivity index (χ2v) is 13.8. The van der Waals surface area contributed by atoms with Crippen LogP contribution in [0.4, 0.5) is 0 Å². The Kier molecular flexibility index (Phi) is 34.4. The maximum absolute atomic E-state index is 4.01. The summed E-state index contributed by atoms with van der Waals surface area (Å²) >= 11 is 0. The van der Waals surface area contributed by atoms with Crippen molar-refractivity contribution >= 4 is 14.7 Å². The fraction of sp³-hybridized carbons (Fsp3) is 0.714. The third-order valence-corrected chi connectivity index (χ3v) is 9.83. The standard InChI is InChI=1S/C15H22.C10H18.C9H19P.C4H6.2C2H6/c1-5-8-13-11-10-12(4)15(9-6-2)14(13)7-3;1-8(2)10-6-4-5-9(3)7-10;1-3-10-9-6-4-8(2)5-7-9;1-3-4-2;2*1-2/h6,9-11H,5,7-8H2,1-4H3;9-10H,1,4-7H2,2-3H3;8-10H,3-7H2,1-2H3;1-2H3;2*1-2H3/b9-6-;;;;;. The van der Waals surface area contributed by atoms with E-state index in [2.05, 4.69) is 98.1 Å². The van der Waals surface area contributed by atoms with Crippen LogP contribution in [-0.4, -0.2) is 11.8 Å². The summed E-state index contributed by atoms with van der Waals surface area (Å²) in [6.45, 7) is 33.7. The summed E-state index contributed by atoms with van der Waals surface area (Å²) in [6.07, 6.45) is 21.0. The molecule has 2 aliphatic rings. The summed E-state index contributed by atoms with van der Waals surface area (Å²) in [5.74, 6) is 8.16. The number of allylic oxidation sites excluding steroid dienone is 2. The molecule has 1 aromatic carbocycles. The molecule has 0 aromatic heterocycles. The van der Waals surface area contributed by atoms with Crippen molar-refractivity contribution in [2.24, 2.45) is 17.8 Å². The molecule has 0 radical (unpaired) electrons. The molecule has 2 fully saturated rings. The zero-order valence-electron chi connectivity index (χ0n) is 31.8. The van der Waals surface area contributed by atoms with E-state index in [4.69, 9.17) is 0 Å². The molecule has 0 aliphatic heterocycles. The quantitative estimate of drug-likeness (QED) is 0.163. The van der Waals surface area contributed by atoms with Crippen LogP contribution < -0.4 is 0 Å². The molecule has 43 heavy (non-hydrogen) atoms. The Morgan fingerprint density at radius 1 is 0.907 bits per heavy atom. The Balaban J connectivity index is -0.000000507. The number of rotatable bonds is 7. The predicted octanol–water partition coefficient (Wildman–Crippen LogP) is 14.3. The lowest BCUT2D eigenvalue weighted by Crippen LogP contribution is -2.13. The Morgan fingerprint density at radius 2 is 1.49 bits per heavy atom. The summed E-state index contributed by atoms with van der Waals surface area (Å²) in [4.78, 5) is 0. The number of hydrogen-bond acceptors (Lipinski definition) is 0. The molecule has 0 nitrogen and oxygen atoms in total. The molecule has 3 atom stereocenters. The molecule has 0 saturated heterocycles. The van der Waals surface area contributed by atoms with Crippen LogP contribution in [0.2, 0.25) is 0 Å². The molecule has 0 bridgehead atoms. The largest absolute Gasteiger partial charge is 0.119 e. The first kappa shape index (κ1) is 46.1. The zero-order chi connectivity index (χ0) is 33.6. The number of benzene rings is 1. The van der Waals surface area contributed by atoms with Crippen molar-refractivity contribution in [2.75, 3.05) is 6.16 Å². The summed E-state index contributed by atoms with van der Waals surface area (Å²) in [5, 5.41) is 0. The average Bonchev–Trinajstić information content (AvgIpc) is 3.03. The van der Waals surface area contributed by atoms with Crippen LogP contribution in [0.5, 0.6) is 0 Å². The van der Waals surface area contributed by atoms with Gasteiger partial charge in [0.25, 0.3) is 0 Å². The van der Waals surface area contributed by atoms with Gasteiger partial charge in [0.05, 0.1) is 0 Å². The minimum absolute atomic E-state index is 0.837. The van der Waals surface area contributed by atoms with Crippen LogP contribution in [0.3, 0.4) is 0 Å². The fourth-order valence-electron chi connectivity index (χ4n) is 5.78. The van der Waals surface area contributed by atoms with Crippen molar-refractivity contribution in [3.05, 3.63) is 52.6 Å². The highest BCUT2D eigenvalue weighted by Gasteiger charge is 2.18. The third-order valence-electron chi connectivity index (χ3n) is 8.27. The van der Waals surface area contributed by atoms with Crippen molar-refractivity contribution in [1.29, 1.82) is 0 Å². The van der Waals surface area contributed by atoms with Crippen LogP contribution in [0.15, 0.2) is 30.4 Å². The van der Waals surface area contributed by atoms with Gasteiger partial charge in [0.1, 0.15) is 0 Å². The average molecular weight is 613 g/mol. The van der Waals surface area contributed by atoms with Gasteiger partial charge in [-0.1, -0.05) is 131 Å². The lowest BCUT2D eigenvalue weighted by atomic mass is 9.79. The molecule has 1 aromatic rings. The molecule has 0 spiro atoms. The second-order valence-electron chi connectivity index (χ2n) is 11.9. The highest BCUT2D eigenvalue weighted by molar-refractivity contribution is 7.38. The van der Waals surface area contributed by atoms with Crippen molar-refractivity contribution in [1.82, 2.24) is 0 Å². The summed E-state index contributed by atoms with van der Waals surface area (Å²) in [7, 11) is 1.25. The van der Waals surface area contributed by atoms with E-state index in [9.17, 15) is 0 Å². The van der Waals surface area contributed by atoms with Crippen LogP contribution in [0.1, 0.15) is 170 Å². The fourth-order valence-corrected chi connectivity index (χ4v) is 7.10. The first-order valence-corrected chi connectivity index (χ1v) is 19.4. The van der Waals surface area contributed by atoms with Gasteiger partial charge in [-0.25, -0.2) is 0 Å². The molecule has 3 rings (SSSR count). The van der Waals surface area contributed by atoms with E-state index in [1.165, 1.54) is 107 Å². The van der Waals surface area contributed by atoms with Gasteiger partial charge in [-0.05, 0) is 125 Å². The smallest absolute Gasteiger partial charge is 0.00271 e. The maximum atomic E-state index is 4.01. The van der Waals surface area contributed by atoms with Gasteiger partial charge < -0.3 is 0 Å². The van der Waals surface area contributed by atoms with E-state index in [1.54, 1.807) is 0 Å². The first-order valence-electron chi connectivity index (χ1n) is 18.1. The van der Waals surface area contributed by atoms with Gasteiger partial charge in [-0.3, -0.25) is 0 Å². The van der Waals surface area contributed by atoms with E-state index in [-0.39, 0.29) is 0 Å². The van der Waals surface area contributed by atoms with Crippen molar-refractivity contribution < 1.29 is 0 Å². The Labute approximate surface area is 275 Å². The first-order chi connectivity index (χ1) is 20.7. The summed E-state index contributed by atoms with van der Waals surface area (Å²) in [6, 6.07) is 4.55. The van der Waals surface area contributed by atoms with E-state index in [1.807, 2.05) is 41.5 Å². The number of hydrogen-bond donors (Lipinski definition) is 0. The van der Waals surface area contributed by atoms with Crippen molar-refractivity contribution in [2.45, 2.75) is 173 Å². The Hall–Kier alpha value is -1.31. The Bertz CT molecular complexity index is 851. The molecule has 1 heteroatoms. The van der Waals surface area contributed by atoms with Crippen molar-refractivity contribution in [3.63, 3.8) is 0 Å². The van der Waals surface area contributed by atoms with Gasteiger partial charge >= 0.3 is 0 Å². The zero-order valence-corrected chi connectivity index (χ0v) is 32.8. The SMILES string of the molecule is C/C=C\c1c(C)ccc(CCC)c1CC.C=C(C)C1CCCC(C)C1.CC.CC.CC#CC.CCPC1CCC(C)CC1. The highest BCUT2D eigenvalue weighted by atomic mass is 31.1. The monoisotopic (exact) mass is 613 g/mol. The number of aryl methyl sites for hydroxylation is 2. The van der Waals surface area contributed by atoms with E-state index in [0.717, 1.165) is 29.8 Å². The lowest BCUT2D eigenvalue weighted by molar-refractivity contribution is 0.315. The molecule has 0 N–H and O–H groups in total. The predicted molar refractivity (Wildman–Crippen MR) is 207 cm³/mol. The van der Waals surface area contributed by atoms with Gasteiger partial charge in [-0.2, -0.15) is 0 Å². The normalized spacial score (nSPS) is 20.6. The minimum Gasteiger partial charge on any atom is -0.119 e. The van der Waals surface area contributed by atoms with Gasteiger partial charge in [0, 0.05) is 0 Å². The van der Waals surface area contributed by atoms with E-state index in [0.29, 0.717) is 0 Å². The van der Waals surface area contributed by atoms with Crippen LogP contribution in [0.25, 0.3) is 6.08 Å². The lowest BCUT2D eigenvalue weighted by Gasteiger charge is -2.26. The van der Waals surface area contributed by atoms with E-state index < -0.39 is 0 Å².